The molecule has 0 saturated carbocycles. The predicted octanol–water partition coefficient (Wildman–Crippen LogP) is 2.74. The summed E-state index contributed by atoms with van der Waals surface area (Å²) >= 11 is 5.99. The molecule has 3 amide bonds. The topological polar surface area (TPSA) is 100 Å². The summed E-state index contributed by atoms with van der Waals surface area (Å²) in [7, 11) is 0. The number of nitrogens with one attached hydrogen (secondary N) is 3. The van der Waals surface area contributed by atoms with Crippen molar-refractivity contribution >= 4 is 29.3 Å². The van der Waals surface area contributed by atoms with Gasteiger partial charge in [0.1, 0.15) is 6.04 Å². The van der Waals surface area contributed by atoms with Crippen molar-refractivity contribution in [1.82, 2.24) is 16.2 Å². The molecule has 0 saturated heterocycles. The maximum atomic E-state index is 12.7. The Morgan fingerprint density at radius 2 is 1.59 bits per heavy atom. The minimum Gasteiger partial charge on any atom is -0.459 e. The van der Waals surface area contributed by atoms with Crippen LogP contribution in [0, 0.1) is 0 Å². The molecule has 2 aromatic carbocycles. The van der Waals surface area contributed by atoms with Crippen LogP contribution in [0.25, 0.3) is 0 Å². The molecule has 1 atom stereocenters. The van der Waals surface area contributed by atoms with E-state index in [-0.39, 0.29) is 22.8 Å². The highest BCUT2D eigenvalue weighted by Gasteiger charge is 2.23. The van der Waals surface area contributed by atoms with Crippen LogP contribution in [-0.4, -0.2) is 23.8 Å². The number of amides is 3. The highest BCUT2D eigenvalue weighted by atomic mass is 35.5. The number of hydrazine groups is 1. The van der Waals surface area contributed by atoms with E-state index in [0.29, 0.717) is 0 Å². The fourth-order valence-electron chi connectivity index (χ4n) is 2.61. The van der Waals surface area contributed by atoms with Gasteiger partial charge in [-0.25, -0.2) is 0 Å². The van der Waals surface area contributed by atoms with E-state index in [1.54, 1.807) is 24.3 Å². The number of carbonyl (C=O) groups is 3. The van der Waals surface area contributed by atoms with E-state index >= 15 is 0 Å². The molecule has 0 radical (unpaired) electrons. The molecule has 3 rings (SSSR count). The van der Waals surface area contributed by atoms with E-state index < -0.39 is 23.8 Å². The molecule has 8 heteroatoms. The summed E-state index contributed by atoms with van der Waals surface area (Å²) in [4.78, 5) is 37.2. The van der Waals surface area contributed by atoms with Gasteiger partial charge in [0, 0.05) is 6.42 Å². The Bertz CT molecular complexity index is 990. The lowest BCUT2D eigenvalue weighted by Gasteiger charge is -2.18. The molecule has 0 fully saturated rings. The molecule has 1 unspecified atom stereocenters. The van der Waals surface area contributed by atoms with Crippen molar-refractivity contribution in [2.45, 2.75) is 12.5 Å². The molecule has 0 aliphatic heterocycles. The van der Waals surface area contributed by atoms with E-state index in [1.807, 2.05) is 30.3 Å². The number of benzene rings is 2. The van der Waals surface area contributed by atoms with Gasteiger partial charge < -0.3 is 9.73 Å². The average molecular weight is 412 g/mol. The first-order valence-electron chi connectivity index (χ1n) is 8.77. The Kier molecular flexibility index (Phi) is 6.65. The minimum absolute atomic E-state index is 0.0796. The summed E-state index contributed by atoms with van der Waals surface area (Å²) in [5, 5.41) is 2.88. The quantitative estimate of drug-likeness (QED) is 0.543. The number of carbonyl (C=O) groups excluding carboxylic acids is 3. The van der Waals surface area contributed by atoms with Gasteiger partial charge in [-0.3, -0.25) is 25.2 Å². The van der Waals surface area contributed by atoms with Crippen LogP contribution in [0.2, 0.25) is 5.02 Å². The van der Waals surface area contributed by atoms with Crippen LogP contribution in [0.3, 0.4) is 0 Å². The van der Waals surface area contributed by atoms with Crippen LogP contribution >= 0.6 is 11.6 Å². The molecule has 29 heavy (non-hydrogen) atoms. The first-order valence-corrected chi connectivity index (χ1v) is 9.15. The molecular weight excluding hydrogens is 394 g/mol. The standard InChI is InChI=1S/C21H18ClN3O4/c22-16-10-5-4-9-15(16)19(26)24-25-20(27)17(13-14-7-2-1-3-8-14)23-21(28)18-11-6-12-29-18/h1-12,17H,13H2,(H,23,28)(H,24,26)(H,25,27). The van der Waals surface area contributed by atoms with Crippen molar-refractivity contribution in [2.24, 2.45) is 0 Å². The van der Waals surface area contributed by atoms with Crippen LogP contribution < -0.4 is 16.2 Å². The fourth-order valence-corrected chi connectivity index (χ4v) is 2.84. The molecule has 0 aliphatic carbocycles. The summed E-state index contributed by atoms with van der Waals surface area (Å²) in [5.74, 6) is -1.62. The molecule has 1 heterocycles. The summed E-state index contributed by atoms with van der Waals surface area (Å²) in [5.41, 5.74) is 5.71. The lowest BCUT2D eigenvalue weighted by atomic mass is 10.1. The van der Waals surface area contributed by atoms with E-state index in [9.17, 15) is 14.4 Å². The van der Waals surface area contributed by atoms with Crippen molar-refractivity contribution in [3.63, 3.8) is 0 Å². The normalized spacial score (nSPS) is 11.3. The molecule has 7 nitrogen and oxygen atoms in total. The second-order valence-corrected chi connectivity index (χ2v) is 6.52. The zero-order valence-corrected chi connectivity index (χ0v) is 16.0. The van der Waals surface area contributed by atoms with E-state index in [2.05, 4.69) is 16.2 Å². The van der Waals surface area contributed by atoms with Crippen molar-refractivity contribution in [3.8, 4) is 0 Å². The SMILES string of the molecule is O=C(NC(Cc1ccccc1)C(=O)NNC(=O)c1ccccc1Cl)c1ccco1. The summed E-state index contributed by atoms with van der Waals surface area (Å²) < 4.78 is 5.07. The van der Waals surface area contributed by atoms with Gasteiger partial charge in [0.15, 0.2) is 5.76 Å². The average Bonchev–Trinajstić information content (AvgIpc) is 3.27. The maximum Gasteiger partial charge on any atom is 0.287 e. The van der Waals surface area contributed by atoms with E-state index in [4.69, 9.17) is 16.0 Å². The monoisotopic (exact) mass is 411 g/mol. The Morgan fingerprint density at radius 3 is 2.28 bits per heavy atom. The third kappa shape index (κ3) is 5.46. The third-order valence-electron chi connectivity index (χ3n) is 4.07. The molecule has 0 bridgehead atoms. The minimum atomic E-state index is -0.943. The van der Waals surface area contributed by atoms with Crippen LogP contribution in [-0.2, 0) is 11.2 Å². The van der Waals surface area contributed by atoms with Gasteiger partial charge in [-0.15, -0.1) is 0 Å². The zero-order valence-electron chi connectivity index (χ0n) is 15.2. The molecular formula is C21H18ClN3O4. The Morgan fingerprint density at radius 1 is 0.862 bits per heavy atom. The maximum absolute atomic E-state index is 12.7. The highest BCUT2D eigenvalue weighted by Crippen LogP contribution is 2.14. The third-order valence-corrected chi connectivity index (χ3v) is 4.40. The van der Waals surface area contributed by atoms with Gasteiger partial charge in [0.05, 0.1) is 16.8 Å². The number of halogens is 1. The first kappa shape index (κ1) is 20.2. The van der Waals surface area contributed by atoms with Crippen molar-refractivity contribution < 1.29 is 18.8 Å². The molecule has 0 aliphatic rings. The zero-order chi connectivity index (χ0) is 20.6. The van der Waals surface area contributed by atoms with Crippen LogP contribution in [0.5, 0.6) is 0 Å². The molecule has 3 N–H and O–H groups in total. The number of furan rings is 1. The van der Waals surface area contributed by atoms with Gasteiger partial charge in [-0.1, -0.05) is 54.1 Å². The largest absolute Gasteiger partial charge is 0.459 e. The number of hydrogen-bond donors (Lipinski definition) is 3. The lowest BCUT2D eigenvalue weighted by Crippen LogP contribution is -2.53. The number of rotatable bonds is 6. The second kappa shape index (κ2) is 9.57. The van der Waals surface area contributed by atoms with Gasteiger partial charge in [-0.05, 0) is 29.8 Å². The van der Waals surface area contributed by atoms with Crippen molar-refractivity contribution in [1.29, 1.82) is 0 Å². The van der Waals surface area contributed by atoms with Crippen molar-refractivity contribution in [3.05, 3.63) is 94.9 Å². The van der Waals surface area contributed by atoms with Crippen LogP contribution in [0.15, 0.2) is 77.4 Å². The Labute approximate surface area is 172 Å². The van der Waals surface area contributed by atoms with Gasteiger partial charge in [0.2, 0.25) is 0 Å². The Hall–Kier alpha value is -3.58. The first-order chi connectivity index (χ1) is 14.0. The molecule has 0 spiro atoms. The highest BCUT2D eigenvalue weighted by molar-refractivity contribution is 6.33. The predicted molar refractivity (Wildman–Crippen MR) is 107 cm³/mol. The second-order valence-electron chi connectivity index (χ2n) is 6.12. The smallest absolute Gasteiger partial charge is 0.287 e. The summed E-state index contributed by atoms with van der Waals surface area (Å²) in [6, 6.07) is 17.8. The molecule has 1 aromatic heterocycles. The molecule has 148 valence electrons. The fraction of sp³-hybridized carbons (Fsp3) is 0.0952. The van der Waals surface area contributed by atoms with Gasteiger partial charge in [-0.2, -0.15) is 0 Å². The summed E-state index contributed by atoms with van der Waals surface area (Å²) in [6.45, 7) is 0. The Balaban J connectivity index is 1.68. The lowest BCUT2D eigenvalue weighted by molar-refractivity contribution is -0.123. The molecule has 3 aromatic rings. The van der Waals surface area contributed by atoms with E-state index in [0.717, 1.165) is 5.56 Å². The van der Waals surface area contributed by atoms with Crippen molar-refractivity contribution in [2.75, 3.05) is 0 Å². The van der Waals surface area contributed by atoms with Gasteiger partial charge in [0.25, 0.3) is 17.7 Å². The van der Waals surface area contributed by atoms with E-state index in [1.165, 1.54) is 18.4 Å². The van der Waals surface area contributed by atoms with Gasteiger partial charge >= 0.3 is 0 Å². The van der Waals surface area contributed by atoms with Crippen LogP contribution in [0.1, 0.15) is 26.5 Å². The number of hydrogen-bond acceptors (Lipinski definition) is 4. The summed E-state index contributed by atoms with van der Waals surface area (Å²) in [6.07, 6.45) is 1.59. The van der Waals surface area contributed by atoms with Crippen LogP contribution in [0.4, 0.5) is 0 Å².